The Labute approximate surface area is 103 Å². The van der Waals surface area contributed by atoms with E-state index < -0.39 is 12.3 Å². The molecule has 1 aliphatic heterocycles. The summed E-state index contributed by atoms with van der Waals surface area (Å²) < 4.78 is 1.33. The molecular weight excluding hydrogens is 244 g/mol. The number of carbonyl (C=O) groups excluding carboxylic acids is 1. The van der Waals surface area contributed by atoms with Crippen LogP contribution < -0.4 is 0 Å². The van der Waals surface area contributed by atoms with E-state index in [0.29, 0.717) is 10.7 Å². The Morgan fingerprint density at radius 1 is 1.59 bits per heavy atom. The average Bonchev–Trinajstić information content (AvgIpc) is 2.64. The first-order valence-electron chi connectivity index (χ1n) is 5.11. The molecule has 2 unspecified atom stereocenters. The van der Waals surface area contributed by atoms with Crippen molar-refractivity contribution in [2.45, 2.75) is 26.2 Å². The minimum Gasteiger partial charge on any atom is -0.351 e. The van der Waals surface area contributed by atoms with Gasteiger partial charge in [0.2, 0.25) is 11.5 Å². The first-order valence-corrected chi connectivity index (χ1v) is 5.49. The number of ketones is 1. The van der Waals surface area contributed by atoms with Gasteiger partial charge in [0.25, 0.3) is 0 Å². The SMILES string of the molecule is CC(=O)C1C(O)ON=[N+]1c1ccc(C)c(Cl)c1. The summed E-state index contributed by atoms with van der Waals surface area (Å²) in [5, 5.41) is 13.7. The molecule has 0 spiro atoms. The summed E-state index contributed by atoms with van der Waals surface area (Å²) >= 11 is 6.00. The van der Waals surface area contributed by atoms with Gasteiger partial charge in [-0.1, -0.05) is 17.7 Å². The number of nitrogens with zero attached hydrogens (tertiary/aromatic N) is 2. The number of aliphatic hydroxyl groups excluding tert-OH is 1. The number of hydrogen-bond donors (Lipinski definition) is 1. The van der Waals surface area contributed by atoms with Crippen LogP contribution in [0.4, 0.5) is 5.69 Å². The molecule has 5 nitrogen and oxygen atoms in total. The van der Waals surface area contributed by atoms with Crippen LogP contribution in [0.1, 0.15) is 12.5 Å². The van der Waals surface area contributed by atoms with E-state index >= 15 is 0 Å². The van der Waals surface area contributed by atoms with Crippen LogP contribution in [0.25, 0.3) is 0 Å². The Morgan fingerprint density at radius 3 is 2.88 bits per heavy atom. The molecule has 1 N–H and O–H groups in total. The number of hydrogen-bond acceptors (Lipinski definition) is 4. The molecule has 1 aliphatic rings. The summed E-state index contributed by atoms with van der Waals surface area (Å²) in [6.07, 6.45) is -1.24. The maximum Gasteiger partial charge on any atom is 0.308 e. The zero-order valence-electron chi connectivity index (χ0n) is 9.42. The first kappa shape index (κ1) is 12.0. The highest BCUT2D eigenvalue weighted by Gasteiger charge is 2.45. The predicted molar refractivity (Wildman–Crippen MR) is 60.1 cm³/mol. The lowest BCUT2D eigenvalue weighted by Gasteiger charge is -2.04. The first-order chi connectivity index (χ1) is 8.00. The summed E-state index contributed by atoms with van der Waals surface area (Å²) in [6, 6.07) is 4.43. The molecule has 0 amide bonds. The van der Waals surface area contributed by atoms with Gasteiger partial charge in [-0.3, -0.25) is 4.79 Å². The van der Waals surface area contributed by atoms with E-state index in [4.69, 9.17) is 16.4 Å². The molecule has 17 heavy (non-hydrogen) atoms. The molecule has 0 saturated heterocycles. The van der Waals surface area contributed by atoms with Crippen molar-refractivity contribution in [2.75, 3.05) is 0 Å². The van der Waals surface area contributed by atoms with Crippen LogP contribution in [0.5, 0.6) is 0 Å². The van der Waals surface area contributed by atoms with Gasteiger partial charge >= 0.3 is 12.3 Å². The number of benzene rings is 1. The molecule has 2 atom stereocenters. The summed E-state index contributed by atoms with van der Waals surface area (Å²) in [6.45, 7) is 3.25. The molecule has 0 radical (unpaired) electrons. The van der Waals surface area contributed by atoms with Gasteiger partial charge in [-0.15, -0.1) is 0 Å². The van der Waals surface area contributed by atoms with E-state index in [2.05, 4.69) is 5.28 Å². The van der Waals surface area contributed by atoms with Gasteiger partial charge in [-0.2, -0.15) is 0 Å². The standard InChI is InChI=1S/C11H12ClN2O3/c1-6-3-4-8(5-9(6)12)14-10(7(2)15)11(16)17-13-14/h3-5,10-11,16H,1-2H3/q+1. The van der Waals surface area contributed by atoms with Gasteiger partial charge in [0.1, 0.15) is 0 Å². The van der Waals surface area contributed by atoms with Crippen LogP contribution in [0.2, 0.25) is 5.02 Å². The van der Waals surface area contributed by atoms with Crippen molar-refractivity contribution in [1.29, 1.82) is 0 Å². The number of aliphatic hydroxyl groups is 1. The van der Waals surface area contributed by atoms with Gasteiger partial charge in [0.15, 0.2) is 5.28 Å². The second kappa shape index (κ2) is 4.43. The van der Waals surface area contributed by atoms with Crippen LogP contribution in [0.15, 0.2) is 23.5 Å². The number of aryl methyl sites for hydroxylation is 1. The maximum absolute atomic E-state index is 11.4. The molecule has 0 fully saturated rings. The van der Waals surface area contributed by atoms with Gasteiger partial charge < -0.3 is 9.94 Å². The molecule has 1 aromatic carbocycles. The largest absolute Gasteiger partial charge is 0.351 e. The highest BCUT2D eigenvalue weighted by Crippen LogP contribution is 2.27. The Hall–Kier alpha value is -1.46. The summed E-state index contributed by atoms with van der Waals surface area (Å²) in [5.41, 5.74) is 1.54. The number of carbonyl (C=O) groups is 1. The van der Waals surface area contributed by atoms with Crippen molar-refractivity contribution >= 4 is 23.1 Å². The van der Waals surface area contributed by atoms with Crippen molar-refractivity contribution in [1.82, 2.24) is 0 Å². The third-order valence-electron chi connectivity index (χ3n) is 2.61. The molecule has 1 aromatic rings. The number of rotatable bonds is 2. The summed E-state index contributed by atoms with van der Waals surface area (Å²) in [7, 11) is 0. The van der Waals surface area contributed by atoms with Gasteiger partial charge in [-0.25, -0.2) is 0 Å². The van der Waals surface area contributed by atoms with Gasteiger partial charge in [-0.05, 0) is 17.2 Å². The fraction of sp³-hybridized carbons (Fsp3) is 0.364. The highest BCUT2D eigenvalue weighted by atomic mass is 35.5. The average molecular weight is 256 g/mol. The predicted octanol–water partition coefficient (Wildman–Crippen LogP) is 1.97. The fourth-order valence-corrected chi connectivity index (χ4v) is 1.81. The van der Waals surface area contributed by atoms with E-state index in [9.17, 15) is 9.90 Å². The normalized spacial score (nSPS) is 23.2. The van der Waals surface area contributed by atoms with Crippen molar-refractivity contribution in [2.24, 2.45) is 5.28 Å². The Bertz CT molecular complexity index is 501. The maximum atomic E-state index is 11.4. The summed E-state index contributed by atoms with van der Waals surface area (Å²) in [4.78, 5) is 16.1. The Balaban J connectivity index is 2.39. The second-order valence-corrected chi connectivity index (χ2v) is 4.32. The topological polar surface area (TPSA) is 61.9 Å². The van der Waals surface area contributed by atoms with Crippen LogP contribution in [-0.4, -0.2) is 27.9 Å². The highest BCUT2D eigenvalue weighted by molar-refractivity contribution is 6.31. The van der Waals surface area contributed by atoms with Crippen molar-refractivity contribution in [3.05, 3.63) is 28.8 Å². The minimum atomic E-state index is -1.24. The van der Waals surface area contributed by atoms with Gasteiger partial charge in [0.05, 0.1) is 5.02 Å². The van der Waals surface area contributed by atoms with E-state index in [-0.39, 0.29) is 5.78 Å². The fourth-order valence-electron chi connectivity index (χ4n) is 1.63. The van der Waals surface area contributed by atoms with Crippen molar-refractivity contribution in [3.63, 3.8) is 0 Å². The molecule has 0 aliphatic carbocycles. The van der Waals surface area contributed by atoms with E-state index in [0.717, 1.165) is 5.56 Å². The lowest BCUT2D eigenvalue weighted by Crippen LogP contribution is -2.35. The number of Topliss-reactive ketones (excluding diaryl/α,β-unsaturated/α-hetero) is 1. The molecule has 1 heterocycles. The van der Waals surface area contributed by atoms with Crippen molar-refractivity contribution in [3.8, 4) is 0 Å². The number of halogens is 1. The Morgan fingerprint density at radius 2 is 2.29 bits per heavy atom. The molecule has 90 valence electrons. The second-order valence-electron chi connectivity index (χ2n) is 3.91. The third-order valence-corrected chi connectivity index (χ3v) is 3.02. The molecule has 6 heteroatoms. The van der Waals surface area contributed by atoms with Gasteiger partial charge in [0, 0.05) is 19.1 Å². The molecular formula is C11H12ClN2O3+. The zero-order chi connectivity index (χ0) is 12.6. The zero-order valence-corrected chi connectivity index (χ0v) is 10.2. The van der Waals surface area contributed by atoms with E-state index in [1.807, 2.05) is 13.0 Å². The van der Waals surface area contributed by atoms with Crippen LogP contribution >= 0.6 is 11.6 Å². The van der Waals surface area contributed by atoms with Crippen LogP contribution in [-0.2, 0) is 9.63 Å². The van der Waals surface area contributed by atoms with Crippen LogP contribution in [0.3, 0.4) is 0 Å². The molecule has 0 saturated carbocycles. The minimum absolute atomic E-state index is 0.226. The monoisotopic (exact) mass is 255 g/mol. The molecule has 2 rings (SSSR count). The van der Waals surface area contributed by atoms with E-state index in [1.165, 1.54) is 11.6 Å². The van der Waals surface area contributed by atoms with Crippen LogP contribution in [0, 0.1) is 6.92 Å². The lowest BCUT2D eigenvalue weighted by atomic mass is 10.1. The summed E-state index contributed by atoms with van der Waals surface area (Å²) in [5.74, 6) is -0.226. The lowest BCUT2D eigenvalue weighted by molar-refractivity contribution is -0.533. The smallest absolute Gasteiger partial charge is 0.308 e. The quantitative estimate of drug-likeness (QED) is 0.822. The molecule has 0 aromatic heterocycles. The van der Waals surface area contributed by atoms with E-state index in [1.54, 1.807) is 12.1 Å². The van der Waals surface area contributed by atoms with Crippen molar-refractivity contribution < 1.29 is 19.4 Å². The third kappa shape index (κ3) is 2.16. The Kier molecular flexibility index (Phi) is 3.13. The molecule has 0 bridgehead atoms.